The Kier molecular flexibility index (Phi) is 8.63. The van der Waals surface area contributed by atoms with Crippen molar-refractivity contribution >= 4 is 10.4 Å². The lowest BCUT2D eigenvalue weighted by Crippen LogP contribution is -2.52. The van der Waals surface area contributed by atoms with E-state index in [1.807, 2.05) is 0 Å². The molecule has 26 heavy (non-hydrogen) atoms. The highest BCUT2D eigenvalue weighted by atomic mass is 32.3. The van der Waals surface area contributed by atoms with Crippen LogP contribution in [0.25, 0.3) is 0 Å². The lowest BCUT2D eigenvalue weighted by atomic mass is 9.87. The van der Waals surface area contributed by atoms with E-state index < -0.39 is 78.7 Å². The maximum absolute atomic E-state index is 10.9. The highest BCUT2D eigenvalue weighted by Crippen LogP contribution is 2.38. The number of hydrogen-bond acceptors (Lipinski definition) is 12. The summed E-state index contributed by atoms with van der Waals surface area (Å²) in [6.45, 7) is -1.59. The van der Waals surface area contributed by atoms with Gasteiger partial charge in [0.1, 0.15) is 61.5 Å². The maximum Gasteiger partial charge on any atom is 0.218 e. The van der Waals surface area contributed by atoms with Gasteiger partial charge in [0, 0.05) is 0 Å². The molecule has 0 bridgehead atoms. The lowest BCUT2D eigenvalue weighted by molar-refractivity contribution is -0.133. The highest BCUT2D eigenvalue weighted by molar-refractivity contribution is 7.80. The topological polar surface area (TPSA) is 228 Å². The van der Waals surface area contributed by atoms with Crippen molar-refractivity contribution in [2.45, 2.75) is 55.6 Å². The van der Waals surface area contributed by atoms with E-state index in [4.69, 9.17) is 5.11 Å². The third-order valence-electron chi connectivity index (χ3n) is 4.35. The summed E-state index contributed by atoms with van der Waals surface area (Å²) < 4.78 is 36.6. The Morgan fingerprint density at radius 1 is 1.08 bits per heavy atom. The van der Waals surface area contributed by atoms with Crippen molar-refractivity contribution < 1.29 is 58.0 Å². The molecular formula is C13H24O12S. The smallest absolute Gasteiger partial charge is 0.218 e. The summed E-state index contributed by atoms with van der Waals surface area (Å²) in [6, 6.07) is 0. The van der Waals surface area contributed by atoms with Gasteiger partial charge in [0.05, 0.1) is 13.2 Å². The van der Waals surface area contributed by atoms with Crippen LogP contribution < -0.4 is 0 Å². The van der Waals surface area contributed by atoms with Gasteiger partial charge in [-0.05, 0) is 0 Å². The molecule has 1 aliphatic rings. The van der Waals surface area contributed by atoms with Crippen molar-refractivity contribution in [1.82, 2.24) is 0 Å². The Hall–Kier alpha value is -0.580. The predicted molar refractivity (Wildman–Crippen MR) is 80.7 cm³/mol. The summed E-state index contributed by atoms with van der Waals surface area (Å²) in [4.78, 5) is 0. The van der Waals surface area contributed by atoms with Gasteiger partial charge in [-0.15, -0.1) is 0 Å². The summed E-state index contributed by atoms with van der Waals surface area (Å²) >= 11 is 0. The Bertz CT molecular complexity index is 527. The molecule has 0 aromatic carbocycles. The predicted octanol–water partition coefficient (Wildman–Crippen LogP) is -5.03. The molecule has 0 saturated heterocycles. The zero-order valence-electron chi connectivity index (χ0n) is 13.6. The second kappa shape index (κ2) is 9.57. The minimum atomic E-state index is -5.44. The molecule has 0 spiro atoms. The van der Waals surface area contributed by atoms with E-state index >= 15 is 0 Å². The molecule has 0 aliphatic heterocycles. The fraction of sp³-hybridized carbons (Fsp3) is 0.923. The van der Waals surface area contributed by atoms with E-state index in [1.54, 1.807) is 0 Å². The third-order valence-corrected chi connectivity index (χ3v) is 4.80. The van der Waals surface area contributed by atoms with Crippen LogP contribution in [0.5, 0.6) is 0 Å². The molecule has 1 rings (SSSR count). The summed E-state index contributed by atoms with van der Waals surface area (Å²) in [5.41, 5.74) is 0. The second-order valence-electron chi connectivity index (χ2n) is 6.18. The SMILES string of the molecule is O=S(=O)([O-])O[C@@H]([C@H](O)[C@@H](O)[C@@H](O)CO)[C@H](O)C[C+]1C[C@@H](O)[C@H](O)[C@H]1CO. The molecule has 12 nitrogen and oxygen atoms in total. The van der Waals surface area contributed by atoms with Crippen molar-refractivity contribution in [3.8, 4) is 0 Å². The van der Waals surface area contributed by atoms with Crippen molar-refractivity contribution in [3.05, 3.63) is 5.92 Å². The molecule has 13 heteroatoms. The molecule has 154 valence electrons. The van der Waals surface area contributed by atoms with E-state index in [0.717, 1.165) is 0 Å². The van der Waals surface area contributed by atoms with Gasteiger partial charge in [-0.25, -0.2) is 8.42 Å². The Labute approximate surface area is 149 Å². The molecule has 0 radical (unpaired) electrons. The Morgan fingerprint density at radius 2 is 1.65 bits per heavy atom. The van der Waals surface area contributed by atoms with Gasteiger partial charge in [0.15, 0.2) is 5.92 Å². The van der Waals surface area contributed by atoms with Crippen molar-refractivity contribution in [1.29, 1.82) is 0 Å². The molecule has 8 N–H and O–H groups in total. The van der Waals surface area contributed by atoms with E-state index in [9.17, 15) is 48.7 Å². The summed E-state index contributed by atoms with van der Waals surface area (Å²) in [5, 5.41) is 76.5. The fourth-order valence-corrected chi connectivity index (χ4v) is 3.44. The molecule has 0 heterocycles. The summed E-state index contributed by atoms with van der Waals surface area (Å²) in [7, 11) is -5.44. The van der Waals surface area contributed by atoms with Crippen LogP contribution in [0.1, 0.15) is 12.8 Å². The number of aliphatic hydroxyl groups is 8. The zero-order chi connectivity index (χ0) is 20.2. The van der Waals surface area contributed by atoms with Crippen molar-refractivity contribution in [2.75, 3.05) is 13.2 Å². The lowest BCUT2D eigenvalue weighted by Gasteiger charge is -2.31. The first kappa shape index (κ1) is 23.5. The first-order chi connectivity index (χ1) is 11.9. The molecule has 8 atom stereocenters. The zero-order valence-corrected chi connectivity index (χ0v) is 14.4. The van der Waals surface area contributed by atoms with Crippen LogP contribution in [0.15, 0.2) is 0 Å². The second-order valence-corrected chi connectivity index (χ2v) is 7.19. The van der Waals surface area contributed by atoms with Crippen molar-refractivity contribution in [2.24, 2.45) is 5.92 Å². The monoisotopic (exact) mass is 404 g/mol. The molecule has 1 aliphatic carbocycles. The molecular weight excluding hydrogens is 380 g/mol. The summed E-state index contributed by atoms with van der Waals surface area (Å²) in [6.07, 6.45) is -13.7. The van der Waals surface area contributed by atoms with E-state index in [1.165, 1.54) is 0 Å². The van der Waals surface area contributed by atoms with Crippen LogP contribution in [0.3, 0.4) is 0 Å². The van der Waals surface area contributed by atoms with Crippen LogP contribution in [0, 0.1) is 11.8 Å². The fourth-order valence-electron chi connectivity index (χ4n) is 2.92. The van der Waals surface area contributed by atoms with Gasteiger partial charge >= 0.3 is 0 Å². The standard InChI is InChI=1S/C13H24O12S/c14-3-6-5(1-7(16)10(6)19)2-8(17)13(25-26(22,23)24)12(21)11(20)9(18)4-15/h6-21H,1-4H2/t6-,7+,8+,9-,10+,11-,12+,13+/m0/s1. The van der Waals surface area contributed by atoms with E-state index in [2.05, 4.69) is 4.18 Å². The van der Waals surface area contributed by atoms with Crippen molar-refractivity contribution in [3.63, 3.8) is 0 Å². The van der Waals surface area contributed by atoms with Crippen LogP contribution in [0.2, 0.25) is 0 Å². The number of hydrogen-bond donors (Lipinski definition) is 8. The van der Waals surface area contributed by atoms with Gasteiger partial charge in [-0.3, -0.25) is 4.18 Å². The van der Waals surface area contributed by atoms with Crippen LogP contribution in [-0.4, -0.2) is 110 Å². The number of rotatable bonds is 10. The minimum absolute atomic E-state index is 0.141. The van der Waals surface area contributed by atoms with Gasteiger partial charge in [-0.2, -0.15) is 0 Å². The average molecular weight is 404 g/mol. The quantitative estimate of drug-likeness (QED) is 0.0971. The van der Waals surface area contributed by atoms with Crippen LogP contribution in [0.4, 0.5) is 0 Å². The first-order valence-corrected chi connectivity index (χ1v) is 9.05. The first-order valence-electron chi connectivity index (χ1n) is 7.71. The van der Waals surface area contributed by atoms with Gasteiger partial charge in [-0.1, -0.05) is 0 Å². The minimum Gasteiger partial charge on any atom is -0.726 e. The number of aliphatic hydroxyl groups excluding tert-OH is 8. The van der Waals surface area contributed by atoms with Gasteiger partial charge in [0.25, 0.3) is 0 Å². The highest BCUT2D eigenvalue weighted by Gasteiger charge is 2.52. The normalized spacial score (nSPS) is 30.0. The molecule has 0 unspecified atom stereocenters. The van der Waals surface area contributed by atoms with Gasteiger partial charge in [0.2, 0.25) is 10.4 Å². The largest absolute Gasteiger partial charge is 0.726 e. The molecule has 1 saturated carbocycles. The Balaban J connectivity index is 2.95. The van der Waals surface area contributed by atoms with Crippen LogP contribution in [-0.2, 0) is 14.6 Å². The van der Waals surface area contributed by atoms with E-state index in [0.29, 0.717) is 0 Å². The summed E-state index contributed by atoms with van der Waals surface area (Å²) in [5.74, 6) is -0.712. The van der Waals surface area contributed by atoms with Crippen LogP contribution >= 0.6 is 0 Å². The van der Waals surface area contributed by atoms with E-state index in [-0.39, 0.29) is 12.3 Å². The molecule has 0 aromatic heterocycles. The third kappa shape index (κ3) is 5.97. The Morgan fingerprint density at radius 3 is 2.12 bits per heavy atom. The molecule has 0 amide bonds. The molecule has 0 aromatic rings. The average Bonchev–Trinajstić information content (AvgIpc) is 2.82. The maximum atomic E-state index is 10.9. The molecule has 1 fully saturated rings. The van der Waals surface area contributed by atoms with Gasteiger partial charge < -0.3 is 45.4 Å².